The Morgan fingerprint density at radius 1 is 1.33 bits per heavy atom. The summed E-state index contributed by atoms with van der Waals surface area (Å²) in [5.74, 6) is 0. The lowest BCUT2D eigenvalue weighted by molar-refractivity contribution is -0.389. The maximum absolute atomic E-state index is 12.6. The highest BCUT2D eigenvalue weighted by atomic mass is 19.4. The maximum Gasteiger partial charge on any atom is 0.442 e. The topological polar surface area (TPSA) is 92.0 Å². The fourth-order valence-corrected chi connectivity index (χ4v) is 1.90. The van der Waals surface area contributed by atoms with Crippen LogP contribution < -0.4 is 0 Å². The zero-order valence-electron chi connectivity index (χ0n) is 10.5. The van der Waals surface area contributed by atoms with E-state index < -0.39 is 34.3 Å². The maximum atomic E-state index is 12.6. The molecule has 0 fully saturated rings. The van der Waals surface area contributed by atoms with Crippen LogP contribution in [0.2, 0.25) is 0 Å². The molecule has 0 spiro atoms. The number of hydrogen-bond donors (Lipinski definition) is 2. The molecule has 0 aliphatic heterocycles. The highest BCUT2D eigenvalue weighted by Crippen LogP contribution is 2.38. The fourth-order valence-electron chi connectivity index (χ4n) is 1.90. The van der Waals surface area contributed by atoms with Gasteiger partial charge >= 0.3 is 11.9 Å². The van der Waals surface area contributed by atoms with Gasteiger partial charge in [0.05, 0.1) is 4.92 Å². The Hall–Kier alpha value is -2.42. The number of aliphatic hydroxyl groups is 1. The molecule has 21 heavy (non-hydrogen) atoms. The van der Waals surface area contributed by atoms with Gasteiger partial charge in [-0.1, -0.05) is 30.3 Å². The molecular weight excluding hydrogens is 291 g/mol. The van der Waals surface area contributed by atoms with E-state index in [0.29, 0.717) is 5.56 Å². The van der Waals surface area contributed by atoms with Crippen LogP contribution in [0.25, 0.3) is 0 Å². The quantitative estimate of drug-likeness (QED) is 0.670. The fraction of sp³-hybridized carbons (Fsp3) is 0.250. The Morgan fingerprint density at radius 2 is 1.95 bits per heavy atom. The van der Waals surface area contributed by atoms with Crippen LogP contribution >= 0.6 is 0 Å². The van der Waals surface area contributed by atoms with E-state index in [4.69, 9.17) is 0 Å². The van der Waals surface area contributed by atoms with Crippen LogP contribution in [0.5, 0.6) is 0 Å². The first-order chi connectivity index (χ1) is 9.80. The third-order valence-corrected chi connectivity index (χ3v) is 2.82. The van der Waals surface area contributed by atoms with Gasteiger partial charge in [0.15, 0.2) is 0 Å². The molecule has 1 aromatic heterocycles. The normalized spacial score (nSPS) is 13.1. The van der Waals surface area contributed by atoms with E-state index in [1.807, 2.05) is 5.10 Å². The number of aliphatic hydroxyl groups excluding tert-OH is 1. The Balaban J connectivity index is 2.36. The van der Waals surface area contributed by atoms with Gasteiger partial charge in [-0.15, -0.1) is 0 Å². The number of alkyl halides is 3. The average Bonchev–Trinajstić information content (AvgIpc) is 2.84. The second-order valence-corrected chi connectivity index (χ2v) is 4.29. The lowest BCUT2D eigenvalue weighted by atomic mass is 10.0. The van der Waals surface area contributed by atoms with Crippen LogP contribution in [0, 0.1) is 10.1 Å². The van der Waals surface area contributed by atoms with Gasteiger partial charge in [-0.2, -0.15) is 18.3 Å². The smallest absolute Gasteiger partial charge is 0.386 e. The van der Waals surface area contributed by atoms with Crippen molar-refractivity contribution in [2.24, 2.45) is 0 Å². The Morgan fingerprint density at radius 3 is 2.48 bits per heavy atom. The Labute approximate surface area is 116 Å². The summed E-state index contributed by atoms with van der Waals surface area (Å²) < 4.78 is 37.9. The molecule has 1 aromatic carbocycles. The number of hydrogen-bond acceptors (Lipinski definition) is 4. The van der Waals surface area contributed by atoms with Gasteiger partial charge in [0.25, 0.3) is 0 Å². The van der Waals surface area contributed by atoms with Crippen LogP contribution in [-0.2, 0) is 12.6 Å². The summed E-state index contributed by atoms with van der Waals surface area (Å²) in [5.41, 5.74) is -2.82. The SMILES string of the molecule is O=[N+]([O-])c1c(C(F)(F)F)n[nH]c1C(O)Cc1ccccc1. The predicted molar refractivity (Wildman–Crippen MR) is 65.3 cm³/mol. The molecule has 0 radical (unpaired) electrons. The molecule has 1 unspecified atom stereocenters. The monoisotopic (exact) mass is 301 g/mol. The molecule has 2 N–H and O–H groups in total. The van der Waals surface area contributed by atoms with Gasteiger partial charge in [0.1, 0.15) is 11.8 Å². The van der Waals surface area contributed by atoms with Gasteiger partial charge in [-0.05, 0) is 5.56 Å². The summed E-state index contributed by atoms with van der Waals surface area (Å²) in [5, 5.41) is 25.6. The van der Waals surface area contributed by atoms with Gasteiger partial charge in [-0.25, -0.2) is 0 Å². The van der Waals surface area contributed by atoms with Crippen molar-refractivity contribution in [1.29, 1.82) is 0 Å². The standard InChI is InChI=1S/C12H10F3N3O3/c13-12(14,15)11-10(18(20)21)9(16-17-11)8(19)6-7-4-2-1-3-5-7/h1-5,8,19H,6H2,(H,16,17). The van der Waals surface area contributed by atoms with E-state index >= 15 is 0 Å². The first-order valence-corrected chi connectivity index (χ1v) is 5.82. The molecule has 2 aromatic rings. The molecule has 0 amide bonds. The number of benzene rings is 1. The van der Waals surface area contributed by atoms with E-state index in [1.54, 1.807) is 30.3 Å². The van der Waals surface area contributed by atoms with Crippen molar-refractivity contribution in [3.05, 3.63) is 57.4 Å². The van der Waals surface area contributed by atoms with Gasteiger partial charge < -0.3 is 5.11 Å². The zero-order valence-corrected chi connectivity index (χ0v) is 10.5. The lowest BCUT2D eigenvalue weighted by Crippen LogP contribution is -2.10. The molecule has 6 nitrogen and oxygen atoms in total. The second kappa shape index (κ2) is 5.52. The van der Waals surface area contributed by atoms with Crippen LogP contribution in [0.15, 0.2) is 30.3 Å². The van der Waals surface area contributed by atoms with E-state index in [-0.39, 0.29) is 6.42 Å². The van der Waals surface area contributed by atoms with Crippen LogP contribution in [0.3, 0.4) is 0 Å². The molecule has 2 rings (SSSR count). The van der Waals surface area contributed by atoms with E-state index in [9.17, 15) is 28.4 Å². The number of rotatable bonds is 4. The number of aromatic nitrogens is 2. The first kappa shape index (κ1) is 15.0. The number of nitrogens with zero attached hydrogens (tertiary/aromatic N) is 2. The molecule has 0 aliphatic rings. The minimum atomic E-state index is -4.97. The molecule has 0 saturated heterocycles. The Bertz CT molecular complexity index is 640. The molecule has 112 valence electrons. The molecule has 1 heterocycles. The summed E-state index contributed by atoms with van der Waals surface area (Å²) in [6, 6.07) is 8.40. The summed E-state index contributed by atoms with van der Waals surface area (Å²) in [6.45, 7) is 0. The van der Waals surface area contributed by atoms with E-state index in [0.717, 1.165) is 0 Å². The molecule has 9 heteroatoms. The van der Waals surface area contributed by atoms with Crippen LogP contribution in [0.4, 0.5) is 18.9 Å². The van der Waals surface area contributed by atoms with E-state index in [2.05, 4.69) is 5.10 Å². The summed E-state index contributed by atoms with van der Waals surface area (Å²) in [4.78, 5) is 9.64. The van der Waals surface area contributed by atoms with E-state index in [1.165, 1.54) is 0 Å². The number of halogens is 3. The molecule has 0 saturated carbocycles. The molecule has 0 aliphatic carbocycles. The summed E-state index contributed by atoms with van der Waals surface area (Å²) in [6.07, 6.45) is -6.53. The first-order valence-electron chi connectivity index (χ1n) is 5.82. The third kappa shape index (κ3) is 3.19. The van der Waals surface area contributed by atoms with Crippen LogP contribution in [-0.4, -0.2) is 20.2 Å². The van der Waals surface area contributed by atoms with Gasteiger partial charge in [-0.3, -0.25) is 15.2 Å². The molecule has 0 bridgehead atoms. The minimum Gasteiger partial charge on any atom is -0.386 e. The molecule has 1 atom stereocenters. The number of nitrogens with one attached hydrogen (secondary N) is 1. The van der Waals surface area contributed by atoms with Crippen molar-refractivity contribution in [3.63, 3.8) is 0 Å². The predicted octanol–water partition coefficient (Wildman–Crippen LogP) is 2.61. The van der Waals surface area contributed by atoms with Gasteiger partial charge in [0, 0.05) is 6.42 Å². The van der Waals surface area contributed by atoms with Crippen molar-refractivity contribution < 1.29 is 23.2 Å². The Kier molecular flexibility index (Phi) is 3.94. The van der Waals surface area contributed by atoms with Crippen molar-refractivity contribution >= 4 is 5.69 Å². The van der Waals surface area contributed by atoms with Gasteiger partial charge in [0.2, 0.25) is 5.69 Å². The number of aromatic amines is 1. The van der Waals surface area contributed by atoms with Crippen LogP contribution in [0.1, 0.15) is 23.1 Å². The number of nitro groups is 1. The zero-order chi connectivity index (χ0) is 15.6. The van der Waals surface area contributed by atoms with Crippen molar-refractivity contribution in [2.45, 2.75) is 18.7 Å². The highest BCUT2D eigenvalue weighted by molar-refractivity contribution is 5.43. The molecular formula is C12H10F3N3O3. The highest BCUT2D eigenvalue weighted by Gasteiger charge is 2.44. The minimum absolute atomic E-state index is 0.0683. The second-order valence-electron chi connectivity index (χ2n) is 4.29. The summed E-state index contributed by atoms with van der Waals surface area (Å²) in [7, 11) is 0. The van der Waals surface area contributed by atoms with Crippen molar-refractivity contribution in [1.82, 2.24) is 10.2 Å². The largest absolute Gasteiger partial charge is 0.442 e. The average molecular weight is 301 g/mol. The van der Waals surface area contributed by atoms with Crippen molar-refractivity contribution in [3.8, 4) is 0 Å². The lowest BCUT2D eigenvalue weighted by Gasteiger charge is -2.08. The third-order valence-electron chi connectivity index (χ3n) is 2.82. The van der Waals surface area contributed by atoms with Crippen molar-refractivity contribution in [2.75, 3.05) is 0 Å². The number of H-pyrrole nitrogens is 1. The summed E-state index contributed by atoms with van der Waals surface area (Å²) >= 11 is 0.